The smallest absolute Gasteiger partial charge is 0.352 e. The predicted molar refractivity (Wildman–Crippen MR) is 144 cm³/mol. The summed E-state index contributed by atoms with van der Waals surface area (Å²) in [6.07, 6.45) is 2.39. The number of carboxylic acids is 1. The number of hydrogen-bond acceptors (Lipinski definition) is 7. The quantitative estimate of drug-likeness (QED) is 0.412. The Balaban J connectivity index is 1.38. The van der Waals surface area contributed by atoms with Crippen molar-refractivity contribution >= 4 is 28.6 Å². The monoisotopic (exact) mass is 529 g/mol. The highest BCUT2D eigenvalue weighted by Gasteiger charge is 2.62. The highest BCUT2D eigenvalue weighted by molar-refractivity contribution is 6.01. The Hall–Kier alpha value is -3.91. The van der Waals surface area contributed by atoms with Crippen LogP contribution < -0.4 is 5.48 Å². The summed E-state index contributed by atoms with van der Waals surface area (Å²) in [4.78, 5) is 33.3. The number of nitrogens with zero attached hydrogens (tertiary/aromatic N) is 2. The number of aromatic carboxylic acids is 1. The Bertz CT molecular complexity index is 1500. The number of nitrogens with one attached hydrogen (secondary N) is 1. The molecule has 2 fully saturated rings. The third-order valence-corrected chi connectivity index (χ3v) is 8.07. The number of hydroxylamine groups is 1. The molecule has 2 N–H and O–H groups in total. The lowest BCUT2D eigenvalue weighted by molar-refractivity contribution is -0.0592. The van der Waals surface area contributed by atoms with Crippen LogP contribution in [0.1, 0.15) is 60.6 Å². The zero-order valence-corrected chi connectivity index (χ0v) is 22.0. The van der Waals surface area contributed by atoms with Crippen molar-refractivity contribution in [2.45, 2.75) is 56.8 Å². The van der Waals surface area contributed by atoms with Crippen LogP contribution in [0.4, 0.5) is 0 Å². The fraction of sp³-hybridized carbons (Fsp3) is 0.400. The van der Waals surface area contributed by atoms with E-state index in [0.717, 1.165) is 29.3 Å². The standard InChI is InChI=1S/C30H31N3O6/c1-29(2)14-21(10-11-38-29)20-8-9-24-22(12-20)13-25(27(35)36)33(24)30(28-31-26(16-34)39-32-28)15-23(30)18-37-17-19-6-4-3-5-7-19/h3-9,12-13,21,23H,10-11,14-15,17-18H2,1-2H3,(H,31,32)(H,35,36)/t21-,23+,30-/m0/s1. The van der Waals surface area contributed by atoms with Crippen LogP contribution in [0.15, 0.2) is 65.5 Å². The lowest BCUT2D eigenvalue weighted by Gasteiger charge is -2.35. The molecule has 3 aliphatic rings. The van der Waals surface area contributed by atoms with E-state index in [4.69, 9.17) is 14.3 Å². The number of rotatable bonds is 8. The molecule has 9 nitrogen and oxygen atoms in total. The lowest BCUT2D eigenvalue weighted by atomic mass is 9.83. The first-order valence-corrected chi connectivity index (χ1v) is 13.2. The van der Waals surface area contributed by atoms with Crippen molar-refractivity contribution in [2.75, 3.05) is 13.2 Å². The van der Waals surface area contributed by atoms with Crippen LogP contribution in [0.25, 0.3) is 10.9 Å². The number of fused-ring (bicyclic) bond motifs is 1. The molecule has 202 valence electrons. The number of carboxylic acid groups (broad SMARTS) is 1. The molecule has 1 saturated heterocycles. The number of carbonyl (C=O) groups excluding carboxylic acids is 1. The number of benzene rings is 2. The van der Waals surface area contributed by atoms with E-state index in [1.165, 1.54) is 5.56 Å². The third kappa shape index (κ3) is 4.63. The van der Waals surface area contributed by atoms with Crippen LogP contribution in [0, 0.1) is 5.92 Å². The molecule has 0 spiro atoms. The maximum atomic E-state index is 12.6. The molecule has 6 rings (SSSR count). The molecule has 3 atom stereocenters. The Labute approximate surface area is 226 Å². The number of ether oxygens (including phenoxy) is 2. The molecule has 2 aliphatic heterocycles. The Morgan fingerprint density at radius 2 is 2.03 bits per heavy atom. The number of carbonyl (C=O) groups is 1. The summed E-state index contributed by atoms with van der Waals surface area (Å²) in [6.45, 7) is 5.72. The minimum atomic E-state index is -1.04. The second-order valence-electron chi connectivity index (χ2n) is 11.2. The van der Waals surface area contributed by atoms with Crippen molar-refractivity contribution in [2.24, 2.45) is 10.9 Å². The van der Waals surface area contributed by atoms with Gasteiger partial charge in [0.05, 0.1) is 18.8 Å². The van der Waals surface area contributed by atoms with Gasteiger partial charge in [-0.15, -0.1) is 0 Å². The first kappa shape index (κ1) is 25.4. The van der Waals surface area contributed by atoms with E-state index in [9.17, 15) is 14.7 Å². The summed E-state index contributed by atoms with van der Waals surface area (Å²) in [7, 11) is 0. The van der Waals surface area contributed by atoms with E-state index < -0.39 is 11.5 Å². The molecule has 2 aromatic carbocycles. The van der Waals surface area contributed by atoms with E-state index in [-0.39, 0.29) is 23.1 Å². The minimum Gasteiger partial charge on any atom is -0.477 e. The maximum Gasteiger partial charge on any atom is 0.352 e. The largest absolute Gasteiger partial charge is 0.477 e. The average molecular weight is 530 g/mol. The fourth-order valence-electron chi connectivity index (χ4n) is 6.14. The number of hydrogen-bond donors (Lipinski definition) is 2. The first-order chi connectivity index (χ1) is 18.8. The Morgan fingerprint density at radius 3 is 2.74 bits per heavy atom. The van der Waals surface area contributed by atoms with Gasteiger partial charge in [-0.1, -0.05) is 36.4 Å². The van der Waals surface area contributed by atoms with Crippen molar-refractivity contribution in [1.82, 2.24) is 10.0 Å². The molecule has 1 aromatic heterocycles. The molecular formula is C30H31N3O6. The van der Waals surface area contributed by atoms with Gasteiger partial charge in [-0.25, -0.2) is 15.1 Å². The summed E-state index contributed by atoms with van der Waals surface area (Å²) < 4.78 is 13.8. The van der Waals surface area contributed by atoms with Gasteiger partial charge in [0.15, 0.2) is 11.8 Å². The highest BCUT2D eigenvalue weighted by Crippen LogP contribution is 2.54. The molecule has 0 amide bonds. The van der Waals surface area contributed by atoms with E-state index >= 15 is 0 Å². The summed E-state index contributed by atoms with van der Waals surface area (Å²) >= 11 is 0. The third-order valence-electron chi connectivity index (χ3n) is 8.07. The Kier molecular flexibility index (Phi) is 6.30. The molecule has 0 unspecified atom stereocenters. The maximum absolute atomic E-state index is 12.6. The van der Waals surface area contributed by atoms with Crippen LogP contribution in [0.5, 0.6) is 0 Å². The van der Waals surface area contributed by atoms with Crippen molar-refractivity contribution in [1.29, 1.82) is 0 Å². The molecule has 1 saturated carbocycles. The minimum absolute atomic E-state index is 0.0910. The number of aromatic nitrogens is 1. The van der Waals surface area contributed by atoms with Crippen LogP contribution in [-0.2, 0) is 31.3 Å². The van der Waals surface area contributed by atoms with Gasteiger partial charge in [-0.3, -0.25) is 0 Å². The molecular weight excluding hydrogens is 498 g/mol. The predicted octanol–water partition coefficient (Wildman–Crippen LogP) is 4.55. The van der Waals surface area contributed by atoms with Crippen molar-refractivity contribution in [3.63, 3.8) is 0 Å². The van der Waals surface area contributed by atoms with Gasteiger partial charge >= 0.3 is 11.9 Å². The normalized spacial score (nSPS) is 25.5. The molecule has 1 aliphatic carbocycles. The molecule has 3 heterocycles. The second-order valence-corrected chi connectivity index (χ2v) is 11.2. The SMILES string of the molecule is CC1(C)C[C@@H](c2ccc3c(c2)cc(C(=O)O)n3[C@@]2(C3=NC(=C=O)ON3)C[C@@H]2COCc2ccccc2)CCO1. The van der Waals surface area contributed by atoms with E-state index in [0.29, 0.717) is 38.0 Å². The number of amidine groups is 1. The highest BCUT2D eigenvalue weighted by atomic mass is 16.7. The molecule has 39 heavy (non-hydrogen) atoms. The average Bonchev–Trinajstić information content (AvgIpc) is 3.26. The topological polar surface area (TPSA) is 111 Å². The second kappa shape index (κ2) is 9.68. The molecule has 3 aromatic rings. The van der Waals surface area contributed by atoms with Gasteiger partial charge in [0, 0.05) is 23.4 Å². The zero-order valence-electron chi connectivity index (χ0n) is 22.0. The van der Waals surface area contributed by atoms with Crippen LogP contribution >= 0.6 is 0 Å². The van der Waals surface area contributed by atoms with Gasteiger partial charge in [0.1, 0.15) is 11.2 Å². The lowest BCUT2D eigenvalue weighted by Crippen LogP contribution is -2.39. The Morgan fingerprint density at radius 1 is 1.21 bits per heavy atom. The molecule has 0 bridgehead atoms. The summed E-state index contributed by atoms with van der Waals surface area (Å²) in [5.74, 6) is 1.04. The van der Waals surface area contributed by atoms with Crippen molar-refractivity contribution in [3.8, 4) is 0 Å². The van der Waals surface area contributed by atoms with Gasteiger partial charge in [-0.05, 0) is 68.4 Å². The van der Waals surface area contributed by atoms with Crippen LogP contribution in [-0.4, -0.2) is 46.2 Å². The molecule has 0 radical (unpaired) electrons. The number of aliphatic imine (C=N–C) groups is 1. The van der Waals surface area contributed by atoms with Gasteiger partial charge in [-0.2, -0.15) is 4.99 Å². The summed E-state index contributed by atoms with van der Waals surface area (Å²) in [6, 6.07) is 17.8. The van der Waals surface area contributed by atoms with Crippen LogP contribution in [0.3, 0.4) is 0 Å². The van der Waals surface area contributed by atoms with Gasteiger partial charge < -0.3 is 24.0 Å². The van der Waals surface area contributed by atoms with Crippen molar-refractivity contribution < 1.29 is 29.0 Å². The van der Waals surface area contributed by atoms with Crippen molar-refractivity contribution in [3.05, 3.63) is 77.3 Å². The van der Waals surface area contributed by atoms with E-state index in [1.54, 1.807) is 12.0 Å². The van der Waals surface area contributed by atoms with Crippen LogP contribution in [0.2, 0.25) is 0 Å². The zero-order chi connectivity index (χ0) is 27.2. The van der Waals surface area contributed by atoms with E-state index in [1.807, 2.05) is 41.0 Å². The first-order valence-electron chi connectivity index (χ1n) is 13.2. The summed E-state index contributed by atoms with van der Waals surface area (Å²) in [5.41, 5.74) is 4.84. The summed E-state index contributed by atoms with van der Waals surface area (Å²) in [5, 5.41) is 11.1. The fourth-order valence-corrected chi connectivity index (χ4v) is 6.14. The molecule has 9 heteroatoms. The van der Waals surface area contributed by atoms with Gasteiger partial charge in [0.2, 0.25) is 0 Å². The van der Waals surface area contributed by atoms with Gasteiger partial charge in [0.25, 0.3) is 0 Å². The van der Waals surface area contributed by atoms with E-state index in [2.05, 4.69) is 36.5 Å².